The lowest BCUT2D eigenvalue weighted by Crippen LogP contribution is -2.23. The minimum absolute atomic E-state index is 0.0680. The van der Waals surface area contributed by atoms with Crippen molar-refractivity contribution in [3.05, 3.63) is 40.2 Å². The van der Waals surface area contributed by atoms with Gasteiger partial charge in [-0.15, -0.1) is 0 Å². The number of aliphatic carboxylic acids is 1. The monoisotopic (exact) mass is 233 g/mol. The SMILES string of the molecule is Cn1c(=O)c(CC(=O)O)cc2ccc(O)cc21. The number of phenols is 1. The fraction of sp³-hybridized carbons (Fsp3) is 0.167. The second-order valence-electron chi connectivity index (χ2n) is 3.85. The van der Waals surface area contributed by atoms with Gasteiger partial charge in [0, 0.05) is 18.7 Å². The number of hydrogen-bond donors (Lipinski definition) is 2. The number of pyridine rings is 1. The zero-order valence-electron chi connectivity index (χ0n) is 9.17. The summed E-state index contributed by atoms with van der Waals surface area (Å²) < 4.78 is 1.34. The Hall–Kier alpha value is -2.30. The van der Waals surface area contributed by atoms with Crippen LogP contribution in [-0.2, 0) is 18.3 Å². The molecule has 0 atom stereocenters. The van der Waals surface area contributed by atoms with E-state index in [2.05, 4.69) is 0 Å². The van der Waals surface area contributed by atoms with Crippen LogP contribution in [0.25, 0.3) is 10.9 Å². The molecule has 88 valence electrons. The number of benzene rings is 1. The Labute approximate surface area is 96.5 Å². The standard InChI is InChI=1S/C12H11NO4/c1-13-10-6-9(14)3-2-7(10)4-8(12(13)17)5-11(15)16/h2-4,6,14H,5H2,1H3,(H,15,16). The van der Waals surface area contributed by atoms with Crippen molar-refractivity contribution in [1.82, 2.24) is 4.57 Å². The van der Waals surface area contributed by atoms with Crippen molar-refractivity contribution in [2.45, 2.75) is 6.42 Å². The molecule has 5 nitrogen and oxygen atoms in total. The minimum atomic E-state index is -1.04. The van der Waals surface area contributed by atoms with E-state index in [0.29, 0.717) is 5.52 Å². The maximum absolute atomic E-state index is 11.8. The largest absolute Gasteiger partial charge is 0.508 e. The number of fused-ring (bicyclic) bond motifs is 1. The number of hydrogen-bond acceptors (Lipinski definition) is 3. The Balaban J connectivity index is 2.75. The number of aromatic nitrogens is 1. The first-order valence-corrected chi connectivity index (χ1v) is 5.02. The summed E-state index contributed by atoms with van der Waals surface area (Å²) in [6, 6.07) is 6.17. The number of carboxylic acids is 1. The lowest BCUT2D eigenvalue weighted by atomic mass is 10.1. The van der Waals surface area contributed by atoms with Crippen LogP contribution in [0.5, 0.6) is 5.75 Å². The van der Waals surface area contributed by atoms with Crippen LogP contribution in [0.4, 0.5) is 0 Å². The molecular weight excluding hydrogens is 222 g/mol. The fourth-order valence-electron chi connectivity index (χ4n) is 1.81. The molecule has 0 saturated heterocycles. The summed E-state index contributed by atoms with van der Waals surface area (Å²) >= 11 is 0. The molecular formula is C12H11NO4. The molecule has 0 radical (unpaired) electrons. The summed E-state index contributed by atoms with van der Waals surface area (Å²) in [5.41, 5.74) is 0.452. The van der Waals surface area contributed by atoms with Gasteiger partial charge in [-0.3, -0.25) is 9.59 Å². The van der Waals surface area contributed by atoms with Crippen LogP contribution in [-0.4, -0.2) is 20.7 Å². The molecule has 2 N–H and O–H groups in total. The highest BCUT2D eigenvalue weighted by atomic mass is 16.4. The number of carbonyl (C=O) groups is 1. The first-order chi connectivity index (χ1) is 7.99. The van der Waals surface area contributed by atoms with E-state index in [1.807, 2.05) is 0 Å². The van der Waals surface area contributed by atoms with Crippen molar-refractivity contribution in [2.75, 3.05) is 0 Å². The summed E-state index contributed by atoms with van der Waals surface area (Å²) in [5.74, 6) is -0.973. The molecule has 2 rings (SSSR count). The van der Waals surface area contributed by atoms with Crippen LogP contribution in [0.1, 0.15) is 5.56 Å². The molecule has 1 aromatic heterocycles. The second kappa shape index (κ2) is 3.93. The van der Waals surface area contributed by atoms with Gasteiger partial charge in [-0.25, -0.2) is 0 Å². The van der Waals surface area contributed by atoms with Crippen molar-refractivity contribution in [1.29, 1.82) is 0 Å². The van der Waals surface area contributed by atoms with Crippen molar-refractivity contribution < 1.29 is 15.0 Å². The Morgan fingerprint density at radius 3 is 2.71 bits per heavy atom. The van der Waals surface area contributed by atoms with E-state index in [0.717, 1.165) is 5.39 Å². The van der Waals surface area contributed by atoms with Gasteiger partial charge >= 0.3 is 5.97 Å². The molecule has 0 bridgehead atoms. The minimum Gasteiger partial charge on any atom is -0.508 e. The smallest absolute Gasteiger partial charge is 0.308 e. The molecule has 5 heteroatoms. The van der Waals surface area contributed by atoms with Crippen molar-refractivity contribution in [3.8, 4) is 5.75 Å². The normalized spacial score (nSPS) is 10.6. The number of phenolic OH excluding ortho intramolecular Hbond substituents is 1. The van der Waals surface area contributed by atoms with Crippen molar-refractivity contribution in [2.24, 2.45) is 7.05 Å². The zero-order valence-corrected chi connectivity index (χ0v) is 9.17. The Morgan fingerprint density at radius 2 is 2.06 bits per heavy atom. The number of aryl methyl sites for hydroxylation is 1. The Morgan fingerprint density at radius 1 is 1.35 bits per heavy atom. The zero-order chi connectivity index (χ0) is 12.6. The van der Waals surface area contributed by atoms with Crippen molar-refractivity contribution >= 4 is 16.9 Å². The van der Waals surface area contributed by atoms with Crippen LogP contribution < -0.4 is 5.56 Å². The molecule has 0 unspecified atom stereocenters. The summed E-state index contributed by atoms with van der Waals surface area (Å²) in [6.07, 6.45) is -0.302. The van der Waals surface area contributed by atoms with E-state index in [1.54, 1.807) is 19.2 Å². The quantitative estimate of drug-likeness (QED) is 0.806. The molecule has 0 aliphatic carbocycles. The molecule has 0 fully saturated rings. The van der Waals surface area contributed by atoms with Crippen LogP contribution in [0, 0.1) is 0 Å². The molecule has 0 spiro atoms. The molecule has 0 amide bonds. The first-order valence-electron chi connectivity index (χ1n) is 5.02. The average Bonchev–Trinajstić information content (AvgIpc) is 2.26. The summed E-state index contributed by atoms with van der Waals surface area (Å²) in [5, 5.41) is 18.8. The molecule has 1 heterocycles. The van der Waals surface area contributed by atoms with Gasteiger partial charge < -0.3 is 14.8 Å². The van der Waals surface area contributed by atoms with Gasteiger partial charge in [0.2, 0.25) is 0 Å². The van der Waals surface area contributed by atoms with Crippen LogP contribution >= 0.6 is 0 Å². The number of aromatic hydroxyl groups is 1. The third kappa shape index (κ3) is 1.99. The maximum atomic E-state index is 11.8. The predicted molar refractivity (Wildman–Crippen MR) is 62.2 cm³/mol. The third-order valence-electron chi connectivity index (χ3n) is 2.63. The summed E-state index contributed by atoms with van der Waals surface area (Å²) in [6.45, 7) is 0. The Bertz CT molecular complexity index is 657. The van der Waals surface area contributed by atoms with Gasteiger partial charge in [0.05, 0.1) is 11.9 Å². The second-order valence-corrected chi connectivity index (χ2v) is 3.85. The topological polar surface area (TPSA) is 79.5 Å². The maximum Gasteiger partial charge on any atom is 0.308 e. The lowest BCUT2D eigenvalue weighted by Gasteiger charge is -2.07. The Kier molecular flexibility index (Phi) is 2.59. The van der Waals surface area contributed by atoms with E-state index in [1.165, 1.54) is 16.7 Å². The van der Waals surface area contributed by atoms with E-state index in [-0.39, 0.29) is 23.3 Å². The molecule has 17 heavy (non-hydrogen) atoms. The van der Waals surface area contributed by atoms with E-state index >= 15 is 0 Å². The summed E-state index contributed by atoms with van der Waals surface area (Å²) in [7, 11) is 1.55. The predicted octanol–water partition coefficient (Wildman–Crippen LogP) is 0.871. The fourth-order valence-corrected chi connectivity index (χ4v) is 1.81. The van der Waals surface area contributed by atoms with Crippen LogP contribution in [0.3, 0.4) is 0 Å². The first kappa shape index (κ1) is 11.2. The van der Waals surface area contributed by atoms with Gasteiger partial charge in [0.25, 0.3) is 5.56 Å². The van der Waals surface area contributed by atoms with Gasteiger partial charge in [0.15, 0.2) is 0 Å². The van der Waals surface area contributed by atoms with Gasteiger partial charge in [-0.2, -0.15) is 0 Å². The van der Waals surface area contributed by atoms with E-state index in [4.69, 9.17) is 5.11 Å². The molecule has 0 aliphatic heterocycles. The van der Waals surface area contributed by atoms with Crippen LogP contribution in [0.15, 0.2) is 29.1 Å². The number of nitrogens with zero attached hydrogens (tertiary/aromatic N) is 1. The van der Waals surface area contributed by atoms with Crippen molar-refractivity contribution in [3.63, 3.8) is 0 Å². The summed E-state index contributed by atoms with van der Waals surface area (Å²) in [4.78, 5) is 22.5. The van der Waals surface area contributed by atoms with E-state index in [9.17, 15) is 14.7 Å². The lowest BCUT2D eigenvalue weighted by molar-refractivity contribution is -0.136. The van der Waals surface area contributed by atoms with Gasteiger partial charge in [-0.1, -0.05) is 0 Å². The molecule has 0 saturated carbocycles. The third-order valence-corrected chi connectivity index (χ3v) is 2.63. The van der Waals surface area contributed by atoms with E-state index < -0.39 is 5.97 Å². The molecule has 0 aliphatic rings. The van der Waals surface area contributed by atoms with Gasteiger partial charge in [-0.05, 0) is 23.6 Å². The number of carboxylic acid groups (broad SMARTS) is 1. The average molecular weight is 233 g/mol. The van der Waals surface area contributed by atoms with Crippen LogP contribution in [0.2, 0.25) is 0 Å². The number of rotatable bonds is 2. The molecule has 1 aromatic carbocycles. The highest BCUT2D eigenvalue weighted by Crippen LogP contribution is 2.19. The molecule has 2 aromatic rings. The highest BCUT2D eigenvalue weighted by molar-refractivity contribution is 5.82. The highest BCUT2D eigenvalue weighted by Gasteiger charge is 2.10. The van der Waals surface area contributed by atoms with Gasteiger partial charge in [0.1, 0.15) is 5.75 Å².